The van der Waals surface area contributed by atoms with Gasteiger partial charge in [0, 0.05) is 18.2 Å². The fraction of sp³-hybridized carbons (Fsp3) is 0.500. The first-order chi connectivity index (χ1) is 11.8. The summed E-state index contributed by atoms with van der Waals surface area (Å²) in [5.41, 5.74) is -1.20. The smallest absolute Gasteiger partial charge is 0.417 e. The second-order valence-corrected chi connectivity index (χ2v) is 7.74. The molecular weight excluding hydrogens is 357 g/mol. The molecule has 4 atom stereocenters. The molecule has 2 bridgehead atoms. The van der Waals surface area contributed by atoms with Crippen LogP contribution in [0.15, 0.2) is 18.2 Å². The van der Waals surface area contributed by atoms with E-state index in [1.165, 1.54) is 6.07 Å². The van der Waals surface area contributed by atoms with Crippen LogP contribution in [0.1, 0.15) is 24.0 Å². The minimum Gasteiger partial charge on any atom is -0.480 e. The number of benzene rings is 1. The van der Waals surface area contributed by atoms with Crippen molar-refractivity contribution >= 4 is 23.6 Å². The molecule has 0 aromatic heterocycles. The average molecular weight is 370 g/mol. The number of aliphatic carboxylic acids is 1. The minimum absolute atomic E-state index is 0.168. The van der Waals surface area contributed by atoms with Crippen LogP contribution in [0.5, 0.6) is 0 Å². The second kappa shape index (κ2) is 5.29. The van der Waals surface area contributed by atoms with Crippen LogP contribution in [0.2, 0.25) is 0 Å². The monoisotopic (exact) mass is 370 g/mol. The Labute approximate surface area is 145 Å². The van der Waals surface area contributed by atoms with Gasteiger partial charge in [0.2, 0.25) is 0 Å². The van der Waals surface area contributed by atoms with Crippen molar-refractivity contribution in [3.63, 3.8) is 0 Å². The number of carboxylic acids is 1. The predicted octanol–water partition coefficient (Wildman–Crippen LogP) is 3.05. The first-order valence-electron chi connectivity index (χ1n) is 7.74. The van der Waals surface area contributed by atoms with E-state index >= 15 is 0 Å². The Bertz CT molecular complexity index is 794. The highest BCUT2D eigenvalue weighted by atomic mass is 32.2. The number of nitriles is 1. The Morgan fingerprint density at radius 3 is 2.80 bits per heavy atom. The molecular formula is C16H13F3N2O3S. The molecule has 1 aromatic carbocycles. The Morgan fingerprint density at radius 2 is 2.20 bits per heavy atom. The van der Waals surface area contributed by atoms with Crippen LogP contribution in [0.3, 0.4) is 0 Å². The Kier molecular flexibility index (Phi) is 3.50. The maximum Gasteiger partial charge on any atom is 0.417 e. The number of nitrogens with zero attached hydrogens (tertiary/aromatic N) is 2. The molecule has 132 valence electrons. The highest BCUT2D eigenvalue weighted by Crippen LogP contribution is 2.59. The third kappa shape index (κ3) is 2.24. The van der Waals surface area contributed by atoms with E-state index in [0.29, 0.717) is 13.0 Å². The maximum atomic E-state index is 13.2. The number of alkyl halides is 3. The summed E-state index contributed by atoms with van der Waals surface area (Å²) in [6.07, 6.45) is -3.81. The van der Waals surface area contributed by atoms with Gasteiger partial charge in [-0.05, 0) is 43.0 Å². The van der Waals surface area contributed by atoms with Crippen molar-refractivity contribution in [1.29, 1.82) is 5.26 Å². The number of carboxylic acid groups (broad SMARTS) is 1. The summed E-state index contributed by atoms with van der Waals surface area (Å²) in [5.74, 6) is -1.25. The van der Waals surface area contributed by atoms with E-state index in [-0.39, 0.29) is 17.7 Å². The van der Waals surface area contributed by atoms with Gasteiger partial charge in [0.15, 0.2) is 4.75 Å². The molecule has 3 saturated heterocycles. The molecule has 9 heteroatoms. The first-order valence-corrected chi connectivity index (χ1v) is 8.51. The molecule has 0 saturated carbocycles. The maximum absolute atomic E-state index is 13.2. The Balaban J connectivity index is 1.71. The van der Waals surface area contributed by atoms with Crippen molar-refractivity contribution in [3.05, 3.63) is 29.3 Å². The Hall–Kier alpha value is -1.92. The zero-order valence-electron chi connectivity index (χ0n) is 12.8. The fourth-order valence-corrected chi connectivity index (χ4v) is 5.63. The van der Waals surface area contributed by atoms with Gasteiger partial charge >= 0.3 is 12.1 Å². The van der Waals surface area contributed by atoms with Gasteiger partial charge in [-0.1, -0.05) is 0 Å². The highest BCUT2D eigenvalue weighted by molar-refractivity contribution is 8.03. The van der Waals surface area contributed by atoms with E-state index in [1.54, 1.807) is 10.4 Å². The van der Waals surface area contributed by atoms with Gasteiger partial charge in [0.25, 0.3) is 0 Å². The van der Waals surface area contributed by atoms with Crippen molar-refractivity contribution in [3.8, 4) is 6.07 Å². The zero-order chi connectivity index (χ0) is 18.0. The molecule has 0 radical (unpaired) electrons. The Morgan fingerprint density at radius 1 is 1.44 bits per heavy atom. The fourth-order valence-electron chi connectivity index (χ4n) is 4.08. The summed E-state index contributed by atoms with van der Waals surface area (Å²) < 4.78 is 45.7. The van der Waals surface area contributed by atoms with Crippen molar-refractivity contribution in [2.24, 2.45) is 5.92 Å². The molecule has 3 aliphatic heterocycles. The summed E-state index contributed by atoms with van der Waals surface area (Å²) in [4.78, 5) is 11.9. The molecule has 0 spiro atoms. The van der Waals surface area contributed by atoms with E-state index in [1.807, 2.05) is 0 Å². The van der Waals surface area contributed by atoms with Crippen LogP contribution < -0.4 is 4.31 Å². The SMILES string of the molecule is N#Cc1ccc(N2C[C@H]3[C@H]4CC[C@H](O4)[C@@]3(C(=O)O)S2)cc1C(F)(F)F. The summed E-state index contributed by atoms with van der Waals surface area (Å²) in [6.45, 7) is 0.307. The zero-order valence-corrected chi connectivity index (χ0v) is 13.6. The number of hydrogen-bond donors (Lipinski definition) is 1. The first kappa shape index (κ1) is 16.5. The predicted molar refractivity (Wildman–Crippen MR) is 82.8 cm³/mol. The van der Waals surface area contributed by atoms with Crippen molar-refractivity contribution in [1.82, 2.24) is 0 Å². The lowest BCUT2D eigenvalue weighted by Crippen LogP contribution is -2.48. The number of ether oxygens (including phenoxy) is 1. The van der Waals surface area contributed by atoms with Gasteiger partial charge in [0.1, 0.15) is 0 Å². The van der Waals surface area contributed by atoms with Crippen molar-refractivity contribution < 1.29 is 27.8 Å². The topological polar surface area (TPSA) is 73.6 Å². The lowest BCUT2D eigenvalue weighted by atomic mass is 9.78. The summed E-state index contributed by atoms with van der Waals surface area (Å²) in [7, 11) is 0. The molecule has 3 aliphatic rings. The molecule has 0 aliphatic carbocycles. The van der Waals surface area contributed by atoms with Gasteiger partial charge in [-0.2, -0.15) is 18.4 Å². The summed E-state index contributed by atoms with van der Waals surface area (Å²) in [5, 5.41) is 18.7. The van der Waals surface area contributed by atoms with Gasteiger partial charge in [-0.25, -0.2) is 0 Å². The van der Waals surface area contributed by atoms with E-state index in [2.05, 4.69) is 0 Å². The quantitative estimate of drug-likeness (QED) is 0.807. The molecule has 3 heterocycles. The van der Waals surface area contributed by atoms with Crippen molar-refractivity contribution in [2.75, 3.05) is 10.8 Å². The average Bonchev–Trinajstić information content (AvgIpc) is 3.24. The van der Waals surface area contributed by atoms with Crippen LogP contribution in [0.25, 0.3) is 0 Å². The highest BCUT2D eigenvalue weighted by Gasteiger charge is 2.69. The van der Waals surface area contributed by atoms with Crippen LogP contribution in [-0.4, -0.2) is 34.6 Å². The number of carbonyl (C=O) groups is 1. The van der Waals surface area contributed by atoms with E-state index < -0.39 is 34.1 Å². The number of hydrogen-bond acceptors (Lipinski definition) is 5. The molecule has 0 unspecified atom stereocenters. The number of rotatable bonds is 2. The van der Waals surface area contributed by atoms with Gasteiger partial charge in [-0.15, -0.1) is 0 Å². The molecule has 1 N–H and O–H groups in total. The molecule has 1 aromatic rings. The van der Waals surface area contributed by atoms with E-state index in [0.717, 1.165) is 30.5 Å². The minimum atomic E-state index is -4.64. The second-order valence-electron chi connectivity index (χ2n) is 6.44. The lowest BCUT2D eigenvalue weighted by Gasteiger charge is -2.29. The molecule has 3 fully saturated rings. The lowest BCUT2D eigenvalue weighted by molar-refractivity contribution is -0.142. The van der Waals surface area contributed by atoms with E-state index in [4.69, 9.17) is 10.00 Å². The van der Waals surface area contributed by atoms with Crippen LogP contribution in [0.4, 0.5) is 18.9 Å². The molecule has 4 rings (SSSR count). The van der Waals surface area contributed by atoms with Crippen LogP contribution in [-0.2, 0) is 15.7 Å². The van der Waals surface area contributed by atoms with Gasteiger partial charge < -0.3 is 14.1 Å². The van der Waals surface area contributed by atoms with Gasteiger partial charge in [-0.3, -0.25) is 4.79 Å². The summed E-state index contributed by atoms with van der Waals surface area (Å²) >= 11 is 1.04. The van der Waals surface area contributed by atoms with Crippen molar-refractivity contribution in [2.45, 2.75) is 36.0 Å². The van der Waals surface area contributed by atoms with Crippen LogP contribution in [0, 0.1) is 17.2 Å². The third-order valence-corrected chi connectivity index (χ3v) is 6.83. The molecule has 5 nitrogen and oxygen atoms in total. The normalized spacial score (nSPS) is 33.4. The van der Waals surface area contributed by atoms with Gasteiger partial charge in [0.05, 0.1) is 29.4 Å². The number of fused-ring (bicyclic) bond motifs is 5. The van der Waals surface area contributed by atoms with E-state index in [9.17, 15) is 23.1 Å². The number of anilines is 1. The number of halogens is 3. The summed E-state index contributed by atoms with van der Waals surface area (Å²) in [6, 6.07) is 5.03. The largest absolute Gasteiger partial charge is 0.480 e. The standard InChI is InChI=1S/C16H13F3N2O3S/c17-16(18,19)10-5-9(2-1-8(10)6-20)21-7-11-12-3-4-13(24-12)15(11,25-21)14(22)23/h1-2,5,11-13H,3-4,7H2,(H,22,23)/t11-,12+,13-,15-/m0/s1. The molecule has 25 heavy (non-hydrogen) atoms. The molecule has 0 amide bonds. The van der Waals surface area contributed by atoms with Crippen LogP contribution >= 0.6 is 11.9 Å². The third-order valence-electron chi connectivity index (χ3n) is 5.21.